The summed E-state index contributed by atoms with van der Waals surface area (Å²) >= 11 is 0. The van der Waals surface area contributed by atoms with E-state index in [1.165, 1.54) is 26.6 Å². The van der Waals surface area contributed by atoms with Crippen LogP contribution in [-0.2, 0) is 14.9 Å². The van der Waals surface area contributed by atoms with Gasteiger partial charge in [-0.2, -0.15) is 5.26 Å². The second kappa shape index (κ2) is 13.9. The second-order valence-electron chi connectivity index (χ2n) is 14.2. The van der Waals surface area contributed by atoms with Gasteiger partial charge in [0.25, 0.3) is 5.91 Å². The Hall–Kier alpha value is -3.55. The van der Waals surface area contributed by atoms with E-state index < -0.39 is 5.67 Å². The van der Waals surface area contributed by atoms with Crippen LogP contribution in [0.2, 0.25) is 0 Å². The number of anilines is 1. The molecule has 0 aromatic heterocycles. The minimum absolute atomic E-state index is 0.178. The standard InChI is InChI=1S/C37H47F2N5O3/c1-41-35(46)32-20-31(11-10-27(32)21-40)44-23-36(39,24-44)22-43-16-12-28(13-17-43)37(25-42-14-5-15-42,29-7-4-8-30(38)19-29)33-9-3-6-26(33)18-34(45)47-2/h4,7-8,10-11,19-20,26,28,33H,3,5-6,9,12-18,22-25H2,1-2H3,(H,41,46)/t26-,33+,37+/m1/s1. The molecule has 47 heavy (non-hydrogen) atoms. The van der Waals surface area contributed by atoms with E-state index in [0.717, 1.165) is 76.1 Å². The quantitative estimate of drug-likeness (QED) is 0.347. The molecule has 0 bridgehead atoms. The highest BCUT2D eigenvalue weighted by molar-refractivity contribution is 5.97. The number of hydrogen-bond acceptors (Lipinski definition) is 7. The highest BCUT2D eigenvalue weighted by Gasteiger charge is 2.53. The zero-order valence-electron chi connectivity index (χ0n) is 27.6. The average Bonchev–Trinajstić information content (AvgIpc) is 3.51. The normalized spacial score (nSPS) is 24.4. The van der Waals surface area contributed by atoms with E-state index in [2.05, 4.69) is 27.3 Å². The third kappa shape index (κ3) is 6.75. The molecule has 4 aliphatic rings. The maximum Gasteiger partial charge on any atom is 0.305 e. The fourth-order valence-electron chi connectivity index (χ4n) is 9.11. The number of methoxy groups -OCH3 is 1. The minimum atomic E-state index is -1.37. The molecule has 0 radical (unpaired) electrons. The molecule has 2 aromatic carbocycles. The molecule has 0 unspecified atom stereocenters. The lowest BCUT2D eigenvalue weighted by atomic mass is 9.56. The molecule has 3 saturated heterocycles. The van der Waals surface area contributed by atoms with Crippen molar-refractivity contribution < 1.29 is 23.1 Å². The molecule has 6 rings (SSSR count). The summed E-state index contributed by atoms with van der Waals surface area (Å²) in [4.78, 5) is 31.5. The molecule has 10 heteroatoms. The van der Waals surface area contributed by atoms with Gasteiger partial charge in [0.15, 0.2) is 5.67 Å². The van der Waals surface area contributed by atoms with Crippen LogP contribution in [0, 0.1) is 34.9 Å². The van der Waals surface area contributed by atoms with Gasteiger partial charge in [-0.3, -0.25) is 14.5 Å². The number of piperidine rings is 1. The Morgan fingerprint density at radius 3 is 2.45 bits per heavy atom. The Balaban J connectivity index is 1.18. The van der Waals surface area contributed by atoms with Crippen LogP contribution in [-0.4, -0.2) is 93.9 Å². The van der Waals surface area contributed by atoms with Gasteiger partial charge in [-0.25, -0.2) is 8.78 Å². The maximum absolute atomic E-state index is 16.1. The van der Waals surface area contributed by atoms with Crippen molar-refractivity contribution in [2.45, 2.75) is 56.0 Å². The van der Waals surface area contributed by atoms with Crippen LogP contribution >= 0.6 is 0 Å². The summed E-state index contributed by atoms with van der Waals surface area (Å²) < 4.78 is 36.2. The Morgan fingerprint density at radius 2 is 1.81 bits per heavy atom. The first-order valence-electron chi connectivity index (χ1n) is 17.2. The summed E-state index contributed by atoms with van der Waals surface area (Å²) in [5.41, 5.74) is 0.686. The SMILES string of the molecule is CNC(=O)c1cc(N2CC(F)(CN3CCC([C@@](CN4CCC4)(c4cccc(F)c4)[C@H]4CCC[C@@H]4CC(=O)OC)CC3)C2)ccc1C#N. The van der Waals surface area contributed by atoms with Crippen molar-refractivity contribution in [2.75, 3.05) is 71.4 Å². The van der Waals surface area contributed by atoms with E-state index in [-0.39, 0.29) is 54.0 Å². The zero-order valence-corrected chi connectivity index (χ0v) is 27.6. The monoisotopic (exact) mass is 647 g/mol. The van der Waals surface area contributed by atoms with Crippen LogP contribution in [0.4, 0.5) is 14.5 Å². The lowest BCUT2D eigenvalue weighted by Crippen LogP contribution is -2.65. The van der Waals surface area contributed by atoms with Crippen molar-refractivity contribution in [1.29, 1.82) is 5.26 Å². The molecule has 3 atom stereocenters. The molecule has 3 heterocycles. The number of rotatable bonds is 11. The van der Waals surface area contributed by atoms with Crippen LogP contribution in [0.3, 0.4) is 0 Å². The van der Waals surface area contributed by atoms with Gasteiger partial charge in [0, 0.05) is 37.7 Å². The molecular weight excluding hydrogens is 600 g/mol. The Bertz CT molecular complexity index is 1500. The number of halogens is 2. The number of benzene rings is 2. The van der Waals surface area contributed by atoms with Gasteiger partial charge in [-0.05, 0) is 112 Å². The number of ether oxygens (including phenoxy) is 1. The van der Waals surface area contributed by atoms with Crippen molar-refractivity contribution in [3.63, 3.8) is 0 Å². The van der Waals surface area contributed by atoms with E-state index >= 15 is 4.39 Å². The number of hydrogen-bond donors (Lipinski definition) is 1. The molecule has 1 saturated carbocycles. The molecular formula is C37H47F2N5O3. The number of esters is 1. The zero-order chi connectivity index (χ0) is 33.2. The Kier molecular flexibility index (Phi) is 9.86. The van der Waals surface area contributed by atoms with Crippen LogP contribution in [0.25, 0.3) is 0 Å². The first-order valence-corrected chi connectivity index (χ1v) is 17.2. The number of carbonyl (C=O) groups is 2. The molecule has 252 valence electrons. The number of nitrogens with zero attached hydrogens (tertiary/aromatic N) is 4. The van der Waals surface area contributed by atoms with E-state index in [1.54, 1.807) is 24.3 Å². The predicted molar refractivity (Wildman–Crippen MR) is 176 cm³/mol. The van der Waals surface area contributed by atoms with Crippen molar-refractivity contribution >= 4 is 17.6 Å². The average molecular weight is 648 g/mol. The van der Waals surface area contributed by atoms with E-state index in [4.69, 9.17) is 4.74 Å². The number of likely N-dealkylation sites (tertiary alicyclic amines) is 2. The van der Waals surface area contributed by atoms with Crippen molar-refractivity contribution in [3.8, 4) is 6.07 Å². The third-order valence-electron chi connectivity index (χ3n) is 11.5. The summed E-state index contributed by atoms with van der Waals surface area (Å²) in [6.45, 7) is 5.25. The van der Waals surface area contributed by atoms with Crippen molar-refractivity contribution in [1.82, 2.24) is 15.1 Å². The fourth-order valence-corrected chi connectivity index (χ4v) is 9.11. The highest BCUT2D eigenvalue weighted by Crippen LogP contribution is 2.54. The first kappa shape index (κ1) is 33.4. The van der Waals surface area contributed by atoms with Gasteiger partial charge < -0.3 is 19.9 Å². The summed E-state index contributed by atoms with van der Waals surface area (Å²) in [6, 6.07) is 14.3. The highest BCUT2D eigenvalue weighted by atomic mass is 19.1. The van der Waals surface area contributed by atoms with Gasteiger partial charge >= 0.3 is 5.97 Å². The third-order valence-corrected chi connectivity index (χ3v) is 11.5. The Morgan fingerprint density at radius 1 is 1.04 bits per heavy atom. The van der Waals surface area contributed by atoms with E-state index in [1.807, 2.05) is 11.0 Å². The van der Waals surface area contributed by atoms with Gasteiger partial charge in [-0.15, -0.1) is 0 Å². The largest absolute Gasteiger partial charge is 0.469 e. The van der Waals surface area contributed by atoms with E-state index in [9.17, 15) is 19.2 Å². The lowest BCUT2D eigenvalue weighted by molar-refractivity contribution is -0.142. The van der Waals surface area contributed by atoms with Gasteiger partial charge in [-0.1, -0.05) is 18.6 Å². The molecule has 3 aliphatic heterocycles. The van der Waals surface area contributed by atoms with Crippen LogP contribution < -0.4 is 10.2 Å². The number of amides is 1. The van der Waals surface area contributed by atoms with Gasteiger partial charge in [0.05, 0.1) is 37.4 Å². The number of alkyl halides is 1. The molecule has 8 nitrogen and oxygen atoms in total. The molecule has 0 spiro atoms. The van der Waals surface area contributed by atoms with Crippen LogP contribution in [0.5, 0.6) is 0 Å². The fraction of sp³-hybridized carbons (Fsp3) is 0.595. The molecule has 4 fully saturated rings. The molecule has 1 N–H and O–H groups in total. The summed E-state index contributed by atoms with van der Waals surface area (Å²) in [5.74, 6) is -0.0429. The first-order chi connectivity index (χ1) is 22.7. The lowest BCUT2D eigenvalue weighted by Gasteiger charge is -2.54. The van der Waals surface area contributed by atoms with Crippen LogP contribution in [0.1, 0.15) is 66.4 Å². The summed E-state index contributed by atoms with van der Waals surface area (Å²) in [5, 5.41) is 12.0. The molecule has 1 amide bonds. The van der Waals surface area contributed by atoms with E-state index in [0.29, 0.717) is 24.1 Å². The maximum atomic E-state index is 16.1. The molecule has 2 aromatic rings. The summed E-state index contributed by atoms with van der Waals surface area (Å²) in [7, 11) is 2.98. The minimum Gasteiger partial charge on any atom is -0.469 e. The predicted octanol–water partition coefficient (Wildman–Crippen LogP) is 4.92. The topological polar surface area (TPSA) is 88.9 Å². The van der Waals surface area contributed by atoms with Gasteiger partial charge in [0.2, 0.25) is 0 Å². The number of carbonyl (C=O) groups excluding carboxylic acids is 2. The van der Waals surface area contributed by atoms with Crippen LogP contribution in [0.15, 0.2) is 42.5 Å². The Labute approximate surface area is 277 Å². The van der Waals surface area contributed by atoms with Crippen molar-refractivity contribution in [3.05, 3.63) is 65.0 Å². The second-order valence-corrected chi connectivity index (χ2v) is 14.2. The smallest absolute Gasteiger partial charge is 0.305 e. The number of nitriles is 1. The van der Waals surface area contributed by atoms with Gasteiger partial charge in [0.1, 0.15) is 5.82 Å². The molecule has 1 aliphatic carbocycles. The summed E-state index contributed by atoms with van der Waals surface area (Å²) in [6.07, 6.45) is 6.36. The number of nitrogens with one attached hydrogen (secondary N) is 1. The van der Waals surface area contributed by atoms with Crippen molar-refractivity contribution in [2.24, 2.45) is 17.8 Å².